The molecule has 1 atom stereocenters. The molecule has 0 aromatic heterocycles. The molecule has 1 fully saturated rings. The lowest BCUT2D eigenvalue weighted by molar-refractivity contribution is -0.146. The summed E-state index contributed by atoms with van der Waals surface area (Å²) in [5.74, 6) is -0.515. The van der Waals surface area contributed by atoms with Crippen LogP contribution in [0.2, 0.25) is 0 Å². The summed E-state index contributed by atoms with van der Waals surface area (Å²) in [5.41, 5.74) is 3.79. The zero-order valence-corrected chi connectivity index (χ0v) is 15.2. The third-order valence-electron chi connectivity index (χ3n) is 5.26. The summed E-state index contributed by atoms with van der Waals surface area (Å²) in [6, 6.07) is 12.2. The van der Waals surface area contributed by atoms with Crippen molar-refractivity contribution in [3.63, 3.8) is 0 Å². The first kappa shape index (κ1) is 17.5. The maximum Gasteiger partial charge on any atom is 0.245 e. The quantitative estimate of drug-likeness (QED) is 0.906. The Labute approximate surface area is 157 Å². The summed E-state index contributed by atoms with van der Waals surface area (Å²) in [6.45, 7) is 3.19. The third kappa shape index (κ3) is 3.52. The molecule has 1 saturated heterocycles. The fourth-order valence-corrected chi connectivity index (χ4v) is 3.76. The van der Waals surface area contributed by atoms with E-state index in [2.05, 4.69) is 11.4 Å². The summed E-state index contributed by atoms with van der Waals surface area (Å²) in [7, 11) is 0. The van der Waals surface area contributed by atoms with E-state index in [1.807, 2.05) is 19.1 Å². The summed E-state index contributed by atoms with van der Waals surface area (Å²) in [6.07, 6.45) is 0.638. The molecule has 0 radical (unpaired) electrons. The molecule has 27 heavy (non-hydrogen) atoms. The fourth-order valence-electron chi connectivity index (χ4n) is 3.76. The zero-order valence-electron chi connectivity index (χ0n) is 15.2. The number of carbonyl (C=O) groups is 2. The van der Waals surface area contributed by atoms with Gasteiger partial charge in [-0.1, -0.05) is 35.9 Å². The number of nitrogens with zero attached hydrogens (tertiary/aromatic N) is 2. The average Bonchev–Trinajstić information content (AvgIpc) is 3.07. The molecule has 0 aliphatic carbocycles. The Kier molecular flexibility index (Phi) is 4.56. The fraction of sp³-hybridized carbons (Fsp3) is 0.333. The molecule has 2 aromatic rings. The molecule has 2 aliphatic rings. The first-order chi connectivity index (χ1) is 13.0. The van der Waals surface area contributed by atoms with Crippen LogP contribution in [0.3, 0.4) is 0 Å². The van der Waals surface area contributed by atoms with Gasteiger partial charge < -0.3 is 15.1 Å². The number of halogens is 1. The Hall–Kier alpha value is -2.89. The van der Waals surface area contributed by atoms with Crippen molar-refractivity contribution < 1.29 is 14.0 Å². The summed E-state index contributed by atoms with van der Waals surface area (Å²) in [5, 5.41) is 3.27. The molecule has 1 unspecified atom stereocenters. The highest BCUT2D eigenvalue weighted by Crippen LogP contribution is 2.27. The minimum Gasteiger partial charge on any atom is -0.373 e. The topological polar surface area (TPSA) is 52.7 Å². The minimum atomic E-state index is -0.326. The summed E-state index contributed by atoms with van der Waals surface area (Å²) < 4.78 is 13.8. The van der Waals surface area contributed by atoms with Crippen LogP contribution in [-0.2, 0) is 22.6 Å². The first-order valence-electron chi connectivity index (χ1n) is 9.17. The molecule has 1 N–H and O–H groups in total. The lowest BCUT2D eigenvalue weighted by Crippen LogP contribution is -2.54. The van der Waals surface area contributed by atoms with Gasteiger partial charge in [-0.2, -0.15) is 0 Å². The summed E-state index contributed by atoms with van der Waals surface area (Å²) in [4.78, 5) is 28.6. The molecule has 0 saturated carbocycles. The average molecular weight is 367 g/mol. The van der Waals surface area contributed by atoms with E-state index in [9.17, 15) is 14.0 Å². The third-order valence-corrected chi connectivity index (χ3v) is 5.26. The molecule has 4 rings (SSSR count). The van der Waals surface area contributed by atoms with Crippen molar-refractivity contribution in [2.75, 3.05) is 25.0 Å². The lowest BCUT2D eigenvalue weighted by atomic mass is 10.1. The lowest BCUT2D eigenvalue weighted by Gasteiger charge is -2.35. The van der Waals surface area contributed by atoms with E-state index < -0.39 is 0 Å². The number of amides is 2. The number of carbonyl (C=O) groups excluding carboxylic acids is 2. The van der Waals surface area contributed by atoms with Crippen molar-refractivity contribution in [1.82, 2.24) is 9.80 Å². The second-order valence-corrected chi connectivity index (χ2v) is 7.23. The van der Waals surface area contributed by atoms with Crippen molar-refractivity contribution >= 4 is 17.5 Å². The predicted molar refractivity (Wildman–Crippen MR) is 101 cm³/mol. The Morgan fingerprint density at radius 2 is 2.04 bits per heavy atom. The first-order valence-corrected chi connectivity index (χ1v) is 9.17. The highest BCUT2D eigenvalue weighted by atomic mass is 19.1. The molecular formula is C21H22FN3O2. The number of aryl methyl sites for hydroxylation is 1. The normalized spacial score (nSPS) is 19.0. The van der Waals surface area contributed by atoms with Crippen LogP contribution in [0.5, 0.6) is 0 Å². The van der Waals surface area contributed by atoms with Crippen LogP contribution in [0, 0.1) is 12.7 Å². The van der Waals surface area contributed by atoms with Crippen molar-refractivity contribution in [3.8, 4) is 0 Å². The van der Waals surface area contributed by atoms with Crippen LogP contribution in [0.15, 0.2) is 42.5 Å². The van der Waals surface area contributed by atoms with Crippen molar-refractivity contribution in [2.24, 2.45) is 0 Å². The van der Waals surface area contributed by atoms with E-state index in [0.717, 1.165) is 11.3 Å². The Morgan fingerprint density at radius 3 is 2.81 bits per heavy atom. The second-order valence-electron chi connectivity index (χ2n) is 7.23. The van der Waals surface area contributed by atoms with Gasteiger partial charge in [0.15, 0.2) is 0 Å². The molecule has 2 aliphatic heterocycles. The van der Waals surface area contributed by atoms with Crippen LogP contribution in [-0.4, -0.2) is 47.3 Å². The SMILES string of the molecule is Cc1ccc2c(c1)CC(C(=O)N1CCN(Cc3ccccc3F)C(=O)C1)N2. The van der Waals surface area contributed by atoms with Gasteiger partial charge in [0.2, 0.25) is 11.8 Å². The van der Waals surface area contributed by atoms with E-state index in [1.165, 1.54) is 11.6 Å². The highest BCUT2D eigenvalue weighted by Gasteiger charge is 2.34. The van der Waals surface area contributed by atoms with Gasteiger partial charge in [0, 0.05) is 37.3 Å². The number of piperazine rings is 1. The van der Waals surface area contributed by atoms with Crippen molar-refractivity contribution in [3.05, 3.63) is 65.0 Å². The minimum absolute atomic E-state index is 0.0425. The van der Waals surface area contributed by atoms with Gasteiger partial charge in [0.05, 0.1) is 6.54 Å². The molecule has 0 spiro atoms. The van der Waals surface area contributed by atoms with Gasteiger partial charge in [-0.25, -0.2) is 4.39 Å². The molecule has 2 aromatic carbocycles. The Bertz CT molecular complexity index is 899. The monoisotopic (exact) mass is 367 g/mol. The molecule has 5 nitrogen and oxygen atoms in total. The number of hydrogen-bond donors (Lipinski definition) is 1. The van der Waals surface area contributed by atoms with E-state index in [0.29, 0.717) is 25.1 Å². The van der Waals surface area contributed by atoms with Gasteiger partial charge >= 0.3 is 0 Å². The van der Waals surface area contributed by atoms with Crippen molar-refractivity contribution in [1.29, 1.82) is 0 Å². The smallest absolute Gasteiger partial charge is 0.245 e. The molecule has 2 amide bonds. The number of anilines is 1. The number of hydrogen-bond acceptors (Lipinski definition) is 3. The highest BCUT2D eigenvalue weighted by molar-refractivity contribution is 5.91. The molecular weight excluding hydrogens is 345 g/mol. The number of rotatable bonds is 3. The van der Waals surface area contributed by atoms with Crippen LogP contribution in [0.1, 0.15) is 16.7 Å². The van der Waals surface area contributed by atoms with E-state index in [4.69, 9.17) is 0 Å². The van der Waals surface area contributed by atoms with Gasteiger partial charge in [0.25, 0.3) is 0 Å². The summed E-state index contributed by atoms with van der Waals surface area (Å²) >= 11 is 0. The maximum atomic E-state index is 13.8. The zero-order chi connectivity index (χ0) is 19.0. The number of nitrogens with one attached hydrogen (secondary N) is 1. The number of fused-ring (bicyclic) bond motifs is 1. The standard InChI is InChI=1S/C21H22FN3O2/c1-14-6-7-18-16(10-14)11-19(23-18)21(27)25-9-8-24(20(26)13-25)12-15-4-2-3-5-17(15)22/h2-7,10,19,23H,8-9,11-13H2,1H3. The van der Waals surface area contributed by atoms with Crippen LogP contribution < -0.4 is 5.32 Å². The van der Waals surface area contributed by atoms with Crippen LogP contribution in [0.4, 0.5) is 10.1 Å². The van der Waals surface area contributed by atoms with E-state index >= 15 is 0 Å². The van der Waals surface area contributed by atoms with Crippen LogP contribution in [0.25, 0.3) is 0 Å². The Morgan fingerprint density at radius 1 is 1.22 bits per heavy atom. The van der Waals surface area contributed by atoms with Gasteiger partial charge in [-0.3, -0.25) is 9.59 Å². The maximum absolute atomic E-state index is 13.8. The molecule has 2 heterocycles. The molecule has 0 bridgehead atoms. The molecule has 140 valence electrons. The second kappa shape index (κ2) is 7.02. The molecule has 6 heteroatoms. The predicted octanol–water partition coefficient (Wildman–Crippen LogP) is 2.34. The Balaban J connectivity index is 1.38. The largest absolute Gasteiger partial charge is 0.373 e. The number of benzene rings is 2. The van der Waals surface area contributed by atoms with Gasteiger partial charge in [-0.15, -0.1) is 0 Å². The van der Waals surface area contributed by atoms with E-state index in [1.54, 1.807) is 28.0 Å². The van der Waals surface area contributed by atoms with Gasteiger partial charge in [0.1, 0.15) is 11.9 Å². The van der Waals surface area contributed by atoms with Crippen molar-refractivity contribution in [2.45, 2.75) is 25.9 Å². The van der Waals surface area contributed by atoms with Gasteiger partial charge in [-0.05, 0) is 24.6 Å². The van der Waals surface area contributed by atoms with E-state index in [-0.39, 0.29) is 36.8 Å². The van der Waals surface area contributed by atoms with Crippen LogP contribution >= 0.6 is 0 Å².